The first-order valence-electron chi connectivity index (χ1n) is 7.24. The van der Waals surface area contributed by atoms with Crippen molar-refractivity contribution in [2.75, 3.05) is 0 Å². The summed E-state index contributed by atoms with van der Waals surface area (Å²) in [5.74, 6) is -1.51. The Kier molecular flexibility index (Phi) is 3.74. The van der Waals surface area contributed by atoms with Gasteiger partial charge in [-0.25, -0.2) is 8.42 Å². The van der Waals surface area contributed by atoms with Gasteiger partial charge in [0.1, 0.15) is 5.54 Å². The van der Waals surface area contributed by atoms with Gasteiger partial charge >= 0.3 is 5.97 Å². The molecule has 0 radical (unpaired) electrons. The minimum atomic E-state index is -3.89. The molecule has 0 aliphatic heterocycles. The molecule has 120 valence electrons. The maximum Gasteiger partial charge on any atom is 0.325 e. The highest BCUT2D eigenvalue weighted by Crippen LogP contribution is 2.52. The molecule has 0 amide bonds. The lowest BCUT2D eigenvalue weighted by molar-refractivity contribution is -0.140. The van der Waals surface area contributed by atoms with E-state index in [1.54, 1.807) is 12.1 Å². The molecule has 2 unspecified atom stereocenters. The monoisotopic (exact) mass is 331 g/mol. The van der Waals surface area contributed by atoms with Crippen molar-refractivity contribution in [1.82, 2.24) is 4.72 Å². The van der Waals surface area contributed by atoms with Crippen LogP contribution in [-0.4, -0.2) is 25.0 Å². The molecule has 1 fully saturated rings. The normalized spacial score (nSPS) is 23.4. The van der Waals surface area contributed by atoms with Gasteiger partial charge < -0.3 is 5.11 Å². The van der Waals surface area contributed by atoms with Gasteiger partial charge in [0.2, 0.25) is 10.0 Å². The zero-order valence-electron chi connectivity index (χ0n) is 12.6. The fourth-order valence-electron chi connectivity index (χ4n) is 2.76. The number of sulfonamides is 1. The molecule has 5 nitrogen and oxygen atoms in total. The molecule has 0 heterocycles. The van der Waals surface area contributed by atoms with Gasteiger partial charge in [0, 0.05) is 5.92 Å². The Morgan fingerprint density at radius 3 is 2.30 bits per heavy atom. The number of carbonyl (C=O) groups is 1. The Morgan fingerprint density at radius 1 is 1.13 bits per heavy atom. The van der Waals surface area contributed by atoms with Gasteiger partial charge in [-0.1, -0.05) is 48.0 Å². The molecule has 0 saturated heterocycles. The Morgan fingerprint density at radius 2 is 1.74 bits per heavy atom. The summed E-state index contributed by atoms with van der Waals surface area (Å²) in [4.78, 5) is 11.8. The maximum absolute atomic E-state index is 12.5. The van der Waals surface area contributed by atoms with E-state index in [-0.39, 0.29) is 17.2 Å². The van der Waals surface area contributed by atoms with Crippen LogP contribution in [-0.2, 0) is 14.8 Å². The zero-order chi connectivity index (χ0) is 16.7. The molecule has 2 aromatic carbocycles. The summed E-state index contributed by atoms with van der Waals surface area (Å²) < 4.78 is 27.4. The zero-order valence-corrected chi connectivity index (χ0v) is 13.4. The molecule has 1 aliphatic carbocycles. The summed E-state index contributed by atoms with van der Waals surface area (Å²) >= 11 is 0. The van der Waals surface area contributed by atoms with Crippen LogP contribution in [0.2, 0.25) is 0 Å². The molecular formula is C17H17NO4S. The highest BCUT2D eigenvalue weighted by molar-refractivity contribution is 7.89. The fourth-order valence-corrected chi connectivity index (χ4v) is 4.16. The Hall–Kier alpha value is -2.18. The number of carboxylic acids is 1. The van der Waals surface area contributed by atoms with Crippen molar-refractivity contribution in [2.24, 2.45) is 0 Å². The number of hydrogen-bond acceptors (Lipinski definition) is 3. The van der Waals surface area contributed by atoms with Crippen molar-refractivity contribution in [3.05, 3.63) is 65.7 Å². The van der Waals surface area contributed by atoms with Crippen LogP contribution in [0.5, 0.6) is 0 Å². The van der Waals surface area contributed by atoms with Crippen molar-refractivity contribution in [1.29, 1.82) is 0 Å². The minimum absolute atomic E-state index is 0.0717. The fraction of sp³-hybridized carbons (Fsp3) is 0.235. The van der Waals surface area contributed by atoms with E-state index in [0.717, 1.165) is 11.1 Å². The smallest absolute Gasteiger partial charge is 0.325 e. The Balaban J connectivity index is 1.90. The van der Waals surface area contributed by atoms with Gasteiger partial charge in [0.25, 0.3) is 0 Å². The molecule has 0 aromatic heterocycles. The van der Waals surface area contributed by atoms with E-state index in [0.29, 0.717) is 0 Å². The lowest BCUT2D eigenvalue weighted by atomic mass is 10.1. The lowest BCUT2D eigenvalue weighted by Gasteiger charge is -2.15. The van der Waals surface area contributed by atoms with E-state index in [1.807, 2.05) is 37.3 Å². The summed E-state index contributed by atoms with van der Waals surface area (Å²) in [7, 11) is -3.89. The van der Waals surface area contributed by atoms with Crippen LogP contribution in [0.15, 0.2) is 59.5 Å². The van der Waals surface area contributed by atoms with Gasteiger partial charge in [-0.2, -0.15) is 4.72 Å². The summed E-state index contributed by atoms with van der Waals surface area (Å²) in [5, 5.41) is 9.56. The summed E-state index contributed by atoms with van der Waals surface area (Å²) in [6, 6.07) is 15.4. The van der Waals surface area contributed by atoms with Crippen LogP contribution in [0, 0.1) is 6.92 Å². The highest BCUT2D eigenvalue weighted by atomic mass is 32.2. The second-order valence-corrected chi connectivity index (χ2v) is 7.54. The number of benzene rings is 2. The summed E-state index contributed by atoms with van der Waals surface area (Å²) in [5.41, 5.74) is 0.289. The predicted molar refractivity (Wildman–Crippen MR) is 85.7 cm³/mol. The topological polar surface area (TPSA) is 83.5 Å². The Labute approximate surface area is 135 Å². The van der Waals surface area contributed by atoms with Crippen molar-refractivity contribution < 1.29 is 18.3 Å². The minimum Gasteiger partial charge on any atom is -0.480 e. The van der Waals surface area contributed by atoms with E-state index in [9.17, 15) is 18.3 Å². The first-order chi connectivity index (χ1) is 10.8. The number of nitrogens with one attached hydrogen (secondary N) is 1. The molecule has 1 aliphatic rings. The third-order valence-electron chi connectivity index (χ3n) is 4.19. The first kappa shape index (κ1) is 15.7. The molecule has 6 heteroatoms. The molecule has 23 heavy (non-hydrogen) atoms. The van der Waals surface area contributed by atoms with Gasteiger partial charge in [-0.05, 0) is 31.0 Å². The molecule has 1 saturated carbocycles. The average Bonchev–Trinajstić information content (AvgIpc) is 3.23. The van der Waals surface area contributed by atoms with Crippen LogP contribution in [0.1, 0.15) is 23.5 Å². The van der Waals surface area contributed by atoms with Gasteiger partial charge in [-0.15, -0.1) is 0 Å². The summed E-state index contributed by atoms with van der Waals surface area (Å²) in [6.07, 6.45) is 0.247. The SMILES string of the molecule is Cc1ccc(S(=O)(=O)NC2(C(=O)O)CC2c2ccccc2)cc1. The quantitative estimate of drug-likeness (QED) is 0.880. The number of aryl methyl sites for hydroxylation is 1. The van der Waals surface area contributed by atoms with Crippen LogP contribution in [0.4, 0.5) is 0 Å². The van der Waals surface area contributed by atoms with E-state index in [2.05, 4.69) is 4.72 Å². The van der Waals surface area contributed by atoms with Crippen molar-refractivity contribution in [3.8, 4) is 0 Å². The molecule has 2 aromatic rings. The predicted octanol–water partition coefficient (Wildman–Crippen LogP) is 2.28. The van der Waals surface area contributed by atoms with Gasteiger partial charge in [-0.3, -0.25) is 4.79 Å². The van der Waals surface area contributed by atoms with Crippen molar-refractivity contribution in [2.45, 2.75) is 29.7 Å². The molecule has 2 N–H and O–H groups in total. The second kappa shape index (κ2) is 5.47. The Bertz CT molecular complexity index is 831. The largest absolute Gasteiger partial charge is 0.480 e. The van der Waals surface area contributed by atoms with Crippen LogP contribution in [0.25, 0.3) is 0 Å². The summed E-state index contributed by atoms with van der Waals surface area (Å²) in [6.45, 7) is 1.86. The molecule has 2 atom stereocenters. The van der Waals surface area contributed by atoms with Crippen LogP contribution >= 0.6 is 0 Å². The second-order valence-electron chi connectivity index (χ2n) is 5.86. The standard InChI is InChI=1S/C17H17NO4S/c1-12-7-9-14(10-8-12)23(21,22)18-17(16(19)20)11-15(17)13-5-3-2-4-6-13/h2-10,15,18H,11H2,1H3,(H,19,20). The molecular weight excluding hydrogens is 314 g/mol. The molecule has 0 spiro atoms. The third-order valence-corrected chi connectivity index (χ3v) is 5.72. The van der Waals surface area contributed by atoms with Crippen molar-refractivity contribution in [3.63, 3.8) is 0 Å². The van der Waals surface area contributed by atoms with E-state index >= 15 is 0 Å². The van der Waals surface area contributed by atoms with Crippen LogP contribution in [0.3, 0.4) is 0 Å². The lowest BCUT2D eigenvalue weighted by Crippen LogP contribution is -2.44. The number of hydrogen-bond donors (Lipinski definition) is 2. The average molecular weight is 331 g/mol. The van der Waals surface area contributed by atoms with E-state index in [1.165, 1.54) is 12.1 Å². The van der Waals surface area contributed by atoms with Crippen molar-refractivity contribution >= 4 is 16.0 Å². The van der Waals surface area contributed by atoms with E-state index in [4.69, 9.17) is 0 Å². The maximum atomic E-state index is 12.5. The first-order valence-corrected chi connectivity index (χ1v) is 8.72. The highest BCUT2D eigenvalue weighted by Gasteiger charge is 2.63. The van der Waals surface area contributed by atoms with Gasteiger partial charge in [0.05, 0.1) is 4.90 Å². The van der Waals surface area contributed by atoms with Crippen LogP contribution < -0.4 is 4.72 Å². The molecule has 0 bridgehead atoms. The third kappa shape index (κ3) is 2.87. The molecule has 3 rings (SSSR count). The van der Waals surface area contributed by atoms with Gasteiger partial charge in [0.15, 0.2) is 0 Å². The van der Waals surface area contributed by atoms with E-state index < -0.39 is 21.5 Å². The number of carboxylic acid groups (broad SMARTS) is 1. The number of aliphatic carboxylic acids is 1. The number of rotatable bonds is 5.